The second kappa shape index (κ2) is 9.80. The topological polar surface area (TPSA) is 60.2 Å². The molecule has 0 atom stereocenters. The molecule has 2 aromatic heterocycles. The van der Waals surface area contributed by atoms with Crippen LogP contribution in [0.4, 0.5) is 5.69 Å². The number of rotatable bonds is 9. The van der Waals surface area contributed by atoms with Gasteiger partial charge in [-0.15, -0.1) is 21.5 Å². The minimum absolute atomic E-state index is 0.0224. The number of ether oxygens (including phenoxy) is 1. The summed E-state index contributed by atoms with van der Waals surface area (Å²) < 4.78 is 7.38. The van der Waals surface area contributed by atoms with Crippen molar-refractivity contribution in [2.45, 2.75) is 30.5 Å². The van der Waals surface area contributed by atoms with E-state index < -0.39 is 0 Å². The van der Waals surface area contributed by atoms with Crippen LogP contribution in [-0.4, -0.2) is 33.5 Å². The molecule has 8 heteroatoms. The summed E-state index contributed by atoms with van der Waals surface area (Å²) in [5, 5.41) is 11.7. The number of methoxy groups -OCH3 is 1. The first-order chi connectivity index (χ1) is 16.2. The highest BCUT2D eigenvalue weighted by Crippen LogP contribution is 2.41. The van der Waals surface area contributed by atoms with E-state index in [9.17, 15) is 4.79 Å². The Hall–Kier alpha value is -3.10. The van der Waals surface area contributed by atoms with E-state index in [-0.39, 0.29) is 11.7 Å². The number of hydrogen-bond donors (Lipinski definition) is 0. The van der Waals surface area contributed by atoms with Gasteiger partial charge in [0.1, 0.15) is 11.6 Å². The van der Waals surface area contributed by atoms with Crippen LogP contribution >= 0.6 is 23.1 Å². The SMILES string of the molecule is COc1ccc(N(Cc2cccs2)C(=O)CSc2nnc(C3CC3)n2-c2ccccc2)cc1. The van der Waals surface area contributed by atoms with Crippen molar-refractivity contribution in [1.29, 1.82) is 0 Å². The van der Waals surface area contributed by atoms with E-state index >= 15 is 0 Å². The highest BCUT2D eigenvalue weighted by molar-refractivity contribution is 7.99. The lowest BCUT2D eigenvalue weighted by Gasteiger charge is -2.22. The molecule has 2 heterocycles. The number of thioether (sulfide) groups is 1. The molecule has 0 unspecified atom stereocenters. The zero-order valence-electron chi connectivity index (χ0n) is 18.3. The van der Waals surface area contributed by atoms with Gasteiger partial charge in [-0.3, -0.25) is 9.36 Å². The number of carbonyl (C=O) groups is 1. The molecule has 1 aliphatic carbocycles. The summed E-state index contributed by atoms with van der Waals surface area (Å²) in [6.45, 7) is 0.530. The quantitative estimate of drug-likeness (QED) is 0.297. The normalized spacial score (nSPS) is 13.1. The van der Waals surface area contributed by atoms with Gasteiger partial charge in [0.25, 0.3) is 0 Å². The standard InChI is InChI=1S/C25H24N4O2S2/c1-31-21-13-11-19(12-14-21)28(16-22-8-5-15-32-22)23(30)17-33-25-27-26-24(18-9-10-18)29(25)20-6-3-2-4-7-20/h2-8,11-15,18H,9-10,16-17H2,1H3. The largest absolute Gasteiger partial charge is 0.497 e. The maximum atomic E-state index is 13.4. The molecule has 6 nitrogen and oxygen atoms in total. The zero-order valence-corrected chi connectivity index (χ0v) is 19.9. The van der Waals surface area contributed by atoms with Gasteiger partial charge < -0.3 is 9.64 Å². The Kier molecular flexibility index (Phi) is 6.46. The zero-order chi connectivity index (χ0) is 22.6. The minimum atomic E-state index is 0.0224. The number of aromatic nitrogens is 3. The van der Waals surface area contributed by atoms with Crippen LogP contribution in [0.25, 0.3) is 5.69 Å². The molecule has 0 aliphatic heterocycles. The Bertz CT molecular complexity index is 1200. The van der Waals surface area contributed by atoms with Crippen molar-refractivity contribution in [2.24, 2.45) is 0 Å². The predicted octanol–water partition coefficient (Wildman–Crippen LogP) is 5.54. The summed E-state index contributed by atoms with van der Waals surface area (Å²) in [5.41, 5.74) is 1.88. The molecule has 1 amide bonds. The molecule has 1 fully saturated rings. The summed E-state index contributed by atoms with van der Waals surface area (Å²) in [5.74, 6) is 2.50. The van der Waals surface area contributed by atoms with E-state index in [0.717, 1.165) is 45.8 Å². The lowest BCUT2D eigenvalue weighted by molar-refractivity contribution is -0.116. The van der Waals surface area contributed by atoms with Crippen LogP contribution in [0.2, 0.25) is 0 Å². The number of thiophene rings is 1. The first kappa shape index (κ1) is 21.7. The van der Waals surface area contributed by atoms with Crippen molar-refractivity contribution in [3.8, 4) is 11.4 Å². The molecule has 2 aromatic carbocycles. The monoisotopic (exact) mass is 476 g/mol. The van der Waals surface area contributed by atoms with E-state index in [1.165, 1.54) is 11.8 Å². The average Bonchev–Trinajstić information content (AvgIpc) is 3.40. The molecule has 1 saturated carbocycles. The summed E-state index contributed by atoms with van der Waals surface area (Å²) in [4.78, 5) is 16.4. The van der Waals surface area contributed by atoms with Crippen molar-refractivity contribution < 1.29 is 9.53 Å². The third-order valence-electron chi connectivity index (χ3n) is 5.52. The number of benzene rings is 2. The van der Waals surface area contributed by atoms with Gasteiger partial charge in [0.05, 0.1) is 19.4 Å². The van der Waals surface area contributed by atoms with Gasteiger partial charge in [-0.05, 0) is 60.7 Å². The van der Waals surface area contributed by atoms with Crippen molar-refractivity contribution in [3.05, 3.63) is 82.8 Å². The predicted molar refractivity (Wildman–Crippen MR) is 133 cm³/mol. The maximum Gasteiger partial charge on any atom is 0.237 e. The fourth-order valence-electron chi connectivity index (χ4n) is 3.65. The van der Waals surface area contributed by atoms with Crippen LogP contribution in [-0.2, 0) is 11.3 Å². The smallest absolute Gasteiger partial charge is 0.237 e. The van der Waals surface area contributed by atoms with Crippen molar-refractivity contribution in [1.82, 2.24) is 14.8 Å². The summed E-state index contributed by atoms with van der Waals surface area (Å²) >= 11 is 3.08. The average molecular weight is 477 g/mol. The van der Waals surface area contributed by atoms with Gasteiger partial charge in [0.15, 0.2) is 5.16 Å². The number of hydrogen-bond acceptors (Lipinski definition) is 6. The van der Waals surface area contributed by atoms with E-state index in [1.807, 2.05) is 58.8 Å². The summed E-state index contributed by atoms with van der Waals surface area (Å²) in [6, 6.07) is 21.8. The van der Waals surface area contributed by atoms with Gasteiger partial charge >= 0.3 is 0 Å². The van der Waals surface area contributed by atoms with E-state index in [2.05, 4.69) is 33.0 Å². The molecule has 5 rings (SSSR count). The van der Waals surface area contributed by atoms with Crippen molar-refractivity contribution in [2.75, 3.05) is 17.8 Å². The lowest BCUT2D eigenvalue weighted by Crippen LogP contribution is -2.31. The van der Waals surface area contributed by atoms with Gasteiger partial charge in [0, 0.05) is 22.2 Å². The Morgan fingerprint density at radius 1 is 1.09 bits per heavy atom. The highest BCUT2D eigenvalue weighted by Gasteiger charge is 2.31. The molecule has 0 radical (unpaired) electrons. The molecule has 0 bridgehead atoms. The minimum Gasteiger partial charge on any atom is -0.497 e. The molecule has 0 saturated heterocycles. The van der Waals surface area contributed by atoms with Crippen molar-refractivity contribution >= 4 is 34.7 Å². The Labute approximate surface area is 201 Å². The van der Waals surface area contributed by atoms with Gasteiger partial charge in [0.2, 0.25) is 5.91 Å². The van der Waals surface area contributed by atoms with Gasteiger partial charge in [-0.2, -0.15) is 0 Å². The number of carbonyl (C=O) groups excluding carboxylic acids is 1. The molecule has 4 aromatic rings. The third kappa shape index (κ3) is 4.96. The number of para-hydroxylation sites is 1. The summed E-state index contributed by atoms with van der Waals surface area (Å²) in [7, 11) is 1.64. The van der Waals surface area contributed by atoms with Gasteiger partial charge in [-0.25, -0.2) is 0 Å². The van der Waals surface area contributed by atoms with Crippen LogP contribution < -0.4 is 9.64 Å². The Morgan fingerprint density at radius 3 is 2.55 bits per heavy atom. The number of anilines is 1. The van der Waals surface area contributed by atoms with Crippen LogP contribution in [0.1, 0.15) is 29.5 Å². The fourth-order valence-corrected chi connectivity index (χ4v) is 5.18. The van der Waals surface area contributed by atoms with E-state index in [1.54, 1.807) is 18.4 Å². The third-order valence-corrected chi connectivity index (χ3v) is 7.29. The van der Waals surface area contributed by atoms with Crippen LogP contribution in [0.5, 0.6) is 5.75 Å². The highest BCUT2D eigenvalue weighted by atomic mass is 32.2. The molecule has 168 valence electrons. The number of amides is 1. The van der Waals surface area contributed by atoms with Gasteiger partial charge in [-0.1, -0.05) is 36.0 Å². The maximum absolute atomic E-state index is 13.4. The second-order valence-electron chi connectivity index (χ2n) is 7.83. The first-order valence-corrected chi connectivity index (χ1v) is 12.7. The lowest BCUT2D eigenvalue weighted by atomic mass is 10.2. The molecule has 0 N–H and O–H groups in total. The summed E-state index contributed by atoms with van der Waals surface area (Å²) in [6.07, 6.45) is 2.28. The number of nitrogens with zero attached hydrogens (tertiary/aromatic N) is 4. The molecular formula is C25H24N4O2S2. The molecule has 33 heavy (non-hydrogen) atoms. The molecular weight excluding hydrogens is 452 g/mol. The van der Waals surface area contributed by atoms with Crippen LogP contribution in [0.15, 0.2) is 77.3 Å². The second-order valence-corrected chi connectivity index (χ2v) is 9.81. The Balaban J connectivity index is 1.38. The van der Waals surface area contributed by atoms with Crippen LogP contribution in [0, 0.1) is 0 Å². The van der Waals surface area contributed by atoms with Crippen molar-refractivity contribution in [3.63, 3.8) is 0 Å². The molecule has 1 aliphatic rings. The Morgan fingerprint density at radius 2 is 1.88 bits per heavy atom. The van der Waals surface area contributed by atoms with Crippen LogP contribution in [0.3, 0.4) is 0 Å². The van der Waals surface area contributed by atoms with E-state index in [0.29, 0.717) is 12.5 Å². The molecule has 0 spiro atoms. The van der Waals surface area contributed by atoms with E-state index in [4.69, 9.17) is 4.74 Å². The fraction of sp³-hybridized carbons (Fsp3) is 0.240. The first-order valence-electron chi connectivity index (χ1n) is 10.8.